The number of hydrogen-bond donors (Lipinski definition) is 0. The normalized spacial score (nSPS) is 9.13. The van der Waals surface area contributed by atoms with Crippen LogP contribution >= 0.6 is 0 Å². The Labute approximate surface area is 176 Å². The van der Waals surface area contributed by atoms with Crippen molar-refractivity contribution >= 4 is 6.08 Å². The average Bonchev–Trinajstić information content (AvgIpc) is 2.76. The molecule has 0 spiro atoms. The van der Waals surface area contributed by atoms with Crippen LogP contribution in [0.25, 0.3) is 6.08 Å². The molecule has 0 radical (unpaired) electrons. The van der Waals surface area contributed by atoms with Crippen LogP contribution in [0, 0.1) is 22.7 Å². The van der Waals surface area contributed by atoms with Gasteiger partial charge < -0.3 is 28.4 Å². The molecule has 1 aromatic carbocycles. The smallest absolute Gasteiger partial charge is 0.134 e. The van der Waals surface area contributed by atoms with Gasteiger partial charge in [-0.05, 0) is 6.08 Å². The molecule has 1 rings (SSSR count). The maximum absolute atomic E-state index is 9.15. The van der Waals surface area contributed by atoms with Crippen molar-refractivity contribution in [1.29, 1.82) is 10.5 Å². The van der Waals surface area contributed by atoms with Crippen LogP contribution in [-0.4, -0.2) is 39.6 Å². The van der Waals surface area contributed by atoms with Gasteiger partial charge in [0.15, 0.2) is 0 Å². The first kappa shape index (κ1) is 24.0. The molecule has 8 nitrogen and oxygen atoms in total. The van der Waals surface area contributed by atoms with E-state index in [1.807, 2.05) is 12.1 Å². The lowest BCUT2D eigenvalue weighted by atomic mass is 10.1. The third-order valence-electron chi connectivity index (χ3n) is 3.35. The first-order valence-electron chi connectivity index (χ1n) is 8.96. The Bertz CT molecular complexity index is 767. The summed E-state index contributed by atoms with van der Waals surface area (Å²) in [4.78, 5) is 0. The van der Waals surface area contributed by atoms with Crippen LogP contribution in [0.3, 0.4) is 0 Å². The predicted octanol–water partition coefficient (Wildman–Crippen LogP) is 3.73. The zero-order valence-electron chi connectivity index (χ0n) is 16.7. The van der Waals surface area contributed by atoms with E-state index >= 15 is 0 Å². The second-order valence-electron chi connectivity index (χ2n) is 5.27. The molecule has 0 aliphatic heterocycles. The summed E-state index contributed by atoms with van der Waals surface area (Å²) in [7, 11) is 0. The molecule has 0 bridgehead atoms. The summed E-state index contributed by atoms with van der Waals surface area (Å²) in [6.45, 7) is 11.9. The average molecular weight is 412 g/mol. The van der Waals surface area contributed by atoms with Gasteiger partial charge in [-0.3, -0.25) is 0 Å². The summed E-state index contributed by atoms with van der Waals surface area (Å²) in [5.41, 5.74) is 0.308. The fourth-order valence-corrected chi connectivity index (χ4v) is 2.13. The molecule has 0 atom stereocenters. The molecular weight excluding hydrogens is 388 g/mol. The summed E-state index contributed by atoms with van der Waals surface area (Å²) in [5, 5.41) is 18.3. The highest BCUT2D eigenvalue weighted by Gasteiger charge is 2.15. The van der Waals surface area contributed by atoms with E-state index in [0.29, 0.717) is 29.4 Å². The standard InChI is InChI=1S/C22H24N2O6/c1-4-25-7-10-28-19-14-21(29-11-8-26-5-2)20(13-18(16-23)17-24)22(15-19)30-12-9-27-6-3/h4-6,13-15H,1-3,7-12H2. The van der Waals surface area contributed by atoms with Crippen LogP contribution in [0.5, 0.6) is 17.2 Å². The van der Waals surface area contributed by atoms with Crippen molar-refractivity contribution in [2.24, 2.45) is 0 Å². The van der Waals surface area contributed by atoms with Crippen molar-refractivity contribution in [1.82, 2.24) is 0 Å². The minimum absolute atomic E-state index is 0.109. The molecule has 0 aromatic heterocycles. The fourth-order valence-electron chi connectivity index (χ4n) is 2.13. The van der Waals surface area contributed by atoms with E-state index in [4.69, 9.17) is 38.9 Å². The molecule has 0 aliphatic carbocycles. The highest BCUT2D eigenvalue weighted by Crippen LogP contribution is 2.36. The second-order valence-corrected chi connectivity index (χ2v) is 5.27. The molecule has 0 saturated heterocycles. The van der Waals surface area contributed by atoms with Crippen molar-refractivity contribution < 1.29 is 28.4 Å². The molecule has 0 heterocycles. The predicted molar refractivity (Wildman–Crippen MR) is 111 cm³/mol. The van der Waals surface area contributed by atoms with Gasteiger partial charge in [-0.1, -0.05) is 19.7 Å². The Morgan fingerprint density at radius 3 is 1.57 bits per heavy atom. The van der Waals surface area contributed by atoms with E-state index in [1.165, 1.54) is 24.9 Å². The van der Waals surface area contributed by atoms with E-state index < -0.39 is 0 Å². The summed E-state index contributed by atoms with van der Waals surface area (Å²) >= 11 is 0. The van der Waals surface area contributed by atoms with Crippen molar-refractivity contribution in [3.8, 4) is 29.4 Å². The van der Waals surface area contributed by atoms with Gasteiger partial charge in [0.2, 0.25) is 0 Å². The maximum atomic E-state index is 9.15. The highest BCUT2D eigenvalue weighted by molar-refractivity contribution is 5.72. The van der Waals surface area contributed by atoms with Gasteiger partial charge in [-0.2, -0.15) is 10.5 Å². The van der Waals surface area contributed by atoms with Crippen molar-refractivity contribution in [3.63, 3.8) is 0 Å². The summed E-state index contributed by atoms with van der Waals surface area (Å²) < 4.78 is 32.4. The van der Waals surface area contributed by atoms with E-state index in [1.54, 1.807) is 12.1 Å². The van der Waals surface area contributed by atoms with E-state index in [2.05, 4.69) is 19.7 Å². The van der Waals surface area contributed by atoms with Crippen molar-refractivity contribution in [2.75, 3.05) is 39.6 Å². The lowest BCUT2D eigenvalue weighted by molar-refractivity contribution is 0.168. The van der Waals surface area contributed by atoms with Gasteiger partial charge in [0.05, 0.1) is 24.3 Å². The minimum Gasteiger partial charge on any atom is -0.498 e. The topological polar surface area (TPSA) is 103 Å². The molecule has 0 amide bonds. The SMILES string of the molecule is C=COCCOc1cc(OCCOC=C)c(C=C(C#N)C#N)c(OCCOC=C)c1. The lowest BCUT2D eigenvalue weighted by Crippen LogP contribution is -2.09. The molecule has 30 heavy (non-hydrogen) atoms. The molecule has 0 N–H and O–H groups in total. The number of nitrogens with zero attached hydrogens (tertiary/aromatic N) is 2. The Morgan fingerprint density at radius 1 is 0.733 bits per heavy atom. The van der Waals surface area contributed by atoms with Crippen LogP contribution in [0.1, 0.15) is 5.56 Å². The van der Waals surface area contributed by atoms with Crippen LogP contribution in [0.15, 0.2) is 56.2 Å². The molecule has 0 fully saturated rings. The second kappa shape index (κ2) is 14.9. The van der Waals surface area contributed by atoms with E-state index in [-0.39, 0.29) is 38.6 Å². The van der Waals surface area contributed by atoms with Gasteiger partial charge in [0, 0.05) is 12.1 Å². The molecule has 158 valence electrons. The summed E-state index contributed by atoms with van der Waals surface area (Å²) in [5.74, 6) is 1.16. The number of hydrogen-bond acceptors (Lipinski definition) is 8. The monoisotopic (exact) mass is 412 g/mol. The molecule has 8 heteroatoms. The summed E-state index contributed by atoms with van der Waals surface area (Å²) in [6.07, 6.45) is 5.32. The zero-order valence-corrected chi connectivity index (χ0v) is 16.7. The fraction of sp³-hybridized carbons (Fsp3) is 0.273. The van der Waals surface area contributed by atoms with Gasteiger partial charge >= 0.3 is 0 Å². The van der Waals surface area contributed by atoms with E-state index in [9.17, 15) is 0 Å². The Hall–Kier alpha value is -4.04. The van der Waals surface area contributed by atoms with Gasteiger partial charge in [-0.15, -0.1) is 0 Å². The van der Waals surface area contributed by atoms with Crippen LogP contribution in [0.4, 0.5) is 0 Å². The Balaban J connectivity index is 3.25. The van der Waals surface area contributed by atoms with Crippen molar-refractivity contribution in [2.45, 2.75) is 0 Å². The van der Waals surface area contributed by atoms with E-state index in [0.717, 1.165) is 0 Å². The molecule has 0 saturated carbocycles. The first-order chi connectivity index (χ1) is 14.7. The highest BCUT2D eigenvalue weighted by atomic mass is 16.5. The number of allylic oxidation sites excluding steroid dienone is 1. The van der Waals surface area contributed by atoms with Crippen LogP contribution in [0.2, 0.25) is 0 Å². The molecule has 0 unspecified atom stereocenters. The van der Waals surface area contributed by atoms with Crippen molar-refractivity contribution in [3.05, 3.63) is 61.8 Å². The number of ether oxygens (including phenoxy) is 6. The largest absolute Gasteiger partial charge is 0.498 e. The third-order valence-corrected chi connectivity index (χ3v) is 3.35. The quantitative estimate of drug-likeness (QED) is 0.230. The number of rotatable bonds is 16. The van der Waals surface area contributed by atoms with Gasteiger partial charge in [0.1, 0.15) is 74.6 Å². The Morgan fingerprint density at radius 2 is 1.17 bits per heavy atom. The lowest BCUT2D eigenvalue weighted by Gasteiger charge is -2.17. The Kier molecular flexibility index (Phi) is 12.0. The zero-order chi connectivity index (χ0) is 22.0. The molecule has 0 aliphatic rings. The van der Waals surface area contributed by atoms with Gasteiger partial charge in [0.25, 0.3) is 0 Å². The number of benzene rings is 1. The maximum Gasteiger partial charge on any atom is 0.134 e. The van der Waals surface area contributed by atoms with Gasteiger partial charge in [-0.25, -0.2) is 0 Å². The first-order valence-corrected chi connectivity index (χ1v) is 8.96. The summed E-state index contributed by atoms with van der Waals surface area (Å²) in [6, 6.07) is 6.92. The molecular formula is C22H24N2O6. The number of nitriles is 2. The van der Waals surface area contributed by atoms with Crippen LogP contribution < -0.4 is 14.2 Å². The van der Waals surface area contributed by atoms with Crippen LogP contribution in [-0.2, 0) is 14.2 Å². The third kappa shape index (κ3) is 8.77. The minimum atomic E-state index is -0.109. The molecule has 1 aromatic rings.